The maximum Gasteiger partial charge on any atom is 0.161 e. The predicted molar refractivity (Wildman–Crippen MR) is 125 cm³/mol. The summed E-state index contributed by atoms with van der Waals surface area (Å²) in [7, 11) is 1.54. The van der Waals surface area contributed by atoms with Crippen LogP contribution in [0.25, 0.3) is 0 Å². The van der Waals surface area contributed by atoms with Crippen molar-refractivity contribution in [1.82, 2.24) is 4.90 Å². The lowest BCUT2D eigenvalue weighted by molar-refractivity contribution is -0.109. The summed E-state index contributed by atoms with van der Waals surface area (Å²) in [5.41, 5.74) is 1.05. The lowest BCUT2D eigenvalue weighted by Gasteiger charge is -2.47. The van der Waals surface area contributed by atoms with E-state index >= 15 is 0 Å². The molecule has 1 fully saturated rings. The summed E-state index contributed by atoms with van der Waals surface area (Å²) >= 11 is 0. The van der Waals surface area contributed by atoms with Crippen molar-refractivity contribution < 1.29 is 33.6 Å². The number of likely N-dealkylation sites (tertiary alicyclic amines) is 1. The highest BCUT2D eigenvalue weighted by Crippen LogP contribution is 2.47. The molecule has 2 aliphatic rings. The van der Waals surface area contributed by atoms with Crippen molar-refractivity contribution in [1.29, 1.82) is 0 Å². The van der Waals surface area contributed by atoms with Gasteiger partial charge in [0, 0.05) is 37.9 Å². The molecule has 0 saturated carbocycles. The van der Waals surface area contributed by atoms with Gasteiger partial charge >= 0.3 is 0 Å². The molecule has 34 heavy (non-hydrogen) atoms. The molecule has 0 radical (unpaired) electrons. The van der Waals surface area contributed by atoms with Crippen LogP contribution >= 0.6 is 0 Å². The van der Waals surface area contributed by atoms with E-state index < -0.39 is 11.8 Å². The molecule has 1 saturated heterocycles. The second-order valence-electron chi connectivity index (χ2n) is 9.24. The van der Waals surface area contributed by atoms with Crippen LogP contribution in [-0.2, 0) is 4.74 Å². The minimum absolute atomic E-state index is 0.0116. The van der Waals surface area contributed by atoms with E-state index in [0.717, 1.165) is 5.56 Å². The molecule has 0 aliphatic carbocycles. The summed E-state index contributed by atoms with van der Waals surface area (Å²) in [6.45, 7) is 5.31. The van der Waals surface area contributed by atoms with E-state index in [1.165, 1.54) is 12.1 Å². The Morgan fingerprint density at radius 3 is 2.59 bits per heavy atom. The van der Waals surface area contributed by atoms with Crippen molar-refractivity contribution in [3.8, 4) is 17.2 Å². The van der Waals surface area contributed by atoms with Crippen molar-refractivity contribution in [3.05, 3.63) is 53.3 Å². The van der Waals surface area contributed by atoms with E-state index in [1.54, 1.807) is 31.4 Å². The number of aliphatic hydroxyl groups excluding tert-OH is 2. The molecule has 7 nitrogen and oxygen atoms in total. The van der Waals surface area contributed by atoms with Crippen molar-refractivity contribution >= 4 is 0 Å². The molecule has 0 aromatic heterocycles. The first-order valence-electron chi connectivity index (χ1n) is 11.8. The van der Waals surface area contributed by atoms with Crippen LogP contribution in [0.4, 0.5) is 4.39 Å². The Morgan fingerprint density at radius 2 is 1.91 bits per heavy atom. The Labute approximate surface area is 200 Å². The van der Waals surface area contributed by atoms with Gasteiger partial charge in [0.2, 0.25) is 0 Å². The second kappa shape index (κ2) is 10.5. The number of halogens is 1. The number of ether oxygens (including phenoxy) is 4. The smallest absolute Gasteiger partial charge is 0.161 e. The van der Waals surface area contributed by atoms with Gasteiger partial charge < -0.3 is 29.2 Å². The van der Waals surface area contributed by atoms with E-state index in [4.69, 9.17) is 24.1 Å². The molecule has 2 aliphatic heterocycles. The Bertz CT molecular complexity index is 976. The fraction of sp³-hybridized carbons (Fsp3) is 0.538. The molecule has 1 unspecified atom stereocenters. The molecule has 1 spiro atoms. The van der Waals surface area contributed by atoms with E-state index in [9.17, 15) is 9.50 Å². The number of nitrogens with zero attached hydrogens (tertiary/aromatic N) is 1. The van der Waals surface area contributed by atoms with Gasteiger partial charge in [-0.25, -0.2) is 4.39 Å². The van der Waals surface area contributed by atoms with E-state index in [2.05, 4.69) is 0 Å². The van der Waals surface area contributed by atoms with Crippen molar-refractivity contribution in [2.45, 2.75) is 57.1 Å². The normalized spacial score (nSPS) is 20.6. The number of hydrogen-bond acceptors (Lipinski definition) is 7. The van der Waals surface area contributed by atoms with Gasteiger partial charge in [-0.2, -0.15) is 0 Å². The van der Waals surface area contributed by atoms with Crippen LogP contribution in [0.5, 0.6) is 17.2 Å². The second-order valence-corrected chi connectivity index (χ2v) is 9.24. The Morgan fingerprint density at radius 1 is 1.15 bits per heavy atom. The molecule has 2 aromatic carbocycles. The molecule has 2 atom stereocenters. The van der Waals surface area contributed by atoms with Crippen LogP contribution in [0.3, 0.4) is 0 Å². The third-order valence-corrected chi connectivity index (χ3v) is 6.53. The topological polar surface area (TPSA) is 80.6 Å². The van der Waals surface area contributed by atoms with Gasteiger partial charge in [-0.1, -0.05) is 6.07 Å². The van der Waals surface area contributed by atoms with Gasteiger partial charge in [-0.05, 0) is 49.7 Å². The van der Waals surface area contributed by atoms with Crippen molar-refractivity contribution in [3.63, 3.8) is 0 Å². The average molecular weight is 476 g/mol. The SMILES string of the molecule is COc1cc(C(O)N2CCC3(CC2)C[C@@H](OC(C)C)c2cc(F)ccc2O3)ccc1OCCO. The van der Waals surface area contributed by atoms with Gasteiger partial charge in [0.05, 0.1) is 25.9 Å². The number of benzene rings is 2. The Kier molecular flexibility index (Phi) is 7.62. The van der Waals surface area contributed by atoms with Crippen LogP contribution in [0.2, 0.25) is 0 Å². The molecule has 2 N–H and O–H groups in total. The number of methoxy groups -OCH3 is 1. The molecule has 2 heterocycles. The lowest BCUT2D eigenvalue weighted by atomic mass is 9.81. The number of aliphatic hydroxyl groups is 2. The van der Waals surface area contributed by atoms with E-state index in [-0.39, 0.29) is 31.2 Å². The summed E-state index contributed by atoms with van der Waals surface area (Å²) in [4.78, 5) is 2.01. The van der Waals surface area contributed by atoms with Crippen LogP contribution in [-0.4, -0.2) is 60.2 Å². The molecular weight excluding hydrogens is 441 g/mol. The first kappa shape index (κ1) is 24.7. The highest BCUT2D eigenvalue weighted by Gasteiger charge is 2.45. The number of hydrogen-bond donors (Lipinski definition) is 2. The minimum Gasteiger partial charge on any atom is -0.493 e. The van der Waals surface area contributed by atoms with Gasteiger partial charge in [0.15, 0.2) is 11.5 Å². The van der Waals surface area contributed by atoms with Gasteiger partial charge in [-0.15, -0.1) is 0 Å². The quantitative estimate of drug-likeness (QED) is 0.598. The third-order valence-electron chi connectivity index (χ3n) is 6.53. The van der Waals surface area contributed by atoms with Crippen LogP contribution in [0.1, 0.15) is 56.6 Å². The highest BCUT2D eigenvalue weighted by molar-refractivity contribution is 5.43. The van der Waals surface area contributed by atoms with E-state index in [0.29, 0.717) is 55.2 Å². The monoisotopic (exact) mass is 475 g/mol. The van der Waals surface area contributed by atoms with E-state index in [1.807, 2.05) is 18.7 Å². The predicted octanol–water partition coefficient (Wildman–Crippen LogP) is 3.98. The summed E-state index contributed by atoms with van der Waals surface area (Å²) in [6.07, 6.45) is 1.06. The van der Waals surface area contributed by atoms with Crippen molar-refractivity contribution in [2.24, 2.45) is 0 Å². The first-order valence-corrected chi connectivity index (χ1v) is 11.8. The molecular formula is C26H34FNO6. The lowest BCUT2D eigenvalue weighted by Crippen LogP contribution is -2.51. The van der Waals surface area contributed by atoms with Crippen LogP contribution < -0.4 is 14.2 Å². The largest absolute Gasteiger partial charge is 0.493 e. The van der Waals surface area contributed by atoms with Gasteiger partial charge in [0.1, 0.15) is 30.0 Å². The molecule has 2 aromatic rings. The zero-order valence-corrected chi connectivity index (χ0v) is 20.0. The average Bonchev–Trinajstić information content (AvgIpc) is 2.83. The summed E-state index contributed by atoms with van der Waals surface area (Å²) < 4.78 is 37.4. The van der Waals surface area contributed by atoms with Gasteiger partial charge in [0.25, 0.3) is 0 Å². The zero-order chi connectivity index (χ0) is 24.3. The van der Waals surface area contributed by atoms with Crippen molar-refractivity contribution in [2.75, 3.05) is 33.4 Å². The standard InChI is InChI=1S/C26H34FNO6/c1-17(2)33-24-16-26(34-21-7-5-19(27)15-20(21)24)8-10-28(11-9-26)25(30)18-4-6-22(32-13-12-29)23(14-18)31-3/h4-7,14-15,17,24-25,29-30H,8-13,16H2,1-3H3/t24-,25?/m1/s1. The number of rotatable bonds is 8. The first-order chi connectivity index (χ1) is 16.3. The molecule has 0 bridgehead atoms. The summed E-state index contributed by atoms with van der Waals surface area (Å²) in [6, 6.07) is 9.93. The molecule has 186 valence electrons. The fourth-order valence-electron chi connectivity index (χ4n) is 4.85. The Balaban J connectivity index is 1.46. The summed E-state index contributed by atoms with van der Waals surface area (Å²) in [5.74, 6) is 1.41. The summed E-state index contributed by atoms with van der Waals surface area (Å²) in [5, 5.41) is 20.0. The maximum absolute atomic E-state index is 13.9. The Hall–Kier alpha value is -2.39. The zero-order valence-electron chi connectivity index (χ0n) is 20.0. The van der Waals surface area contributed by atoms with Crippen LogP contribution in [0, 0.1) is 5.82 Å². The molecule has 0 amide bonds. The third kappa shape index (κ3) is 5.30. The highest BCUT2D eigenvalue weighted by atomic mass is 19.1. The fourth-order valence-corrected chi connectivity index (χ4v) is 4.85. The molecule has 4 rings (SSSR count). The number of fused-ring (bicyclic) bond motifs is 1. The maximum atomic E-state index is 13.9. The number of piperidine rings is 1. The van der Waals surface area contributed by atoms with Crippen LogP contribution in [0.15, 0.2) is 36.4 Å². The minimum atomic E-state index is -0.800. The van der Waals surface area contributed by atoms with Gasteiger partial charge in [-0.3, -0.25) is 4.90 Å². The molecule has 8 heteroatoms.